The zero-order valence-corrected chi connectivity index (χ0v) is 10.2. The Balaban J connectivity index is 2.38. The minimum atomic E-state index is -3.14. The summed E-state index contributed by atoms with van der Waals surface area (Å²) in [5, 5.41) is 4.07. The van der Waals surface area contributed by atoms with Crippen molar-refractivity contribution in [3.63, 3.8) is 0 Å². The molecule has 1 aliphatic heterocycles. The van der Waals surface area contributed by atoms with E-state index in [1.54, 1.807) is 24.3 Å². The summed E-state index contributed by atoms with van der Waals surface area (Å²) in [7, 11) is -3.14. The van der Waals surface area contributed by atoms with E-state index in [2.05, 4.69) is 10.5 Å². The van der Waals surface area contributed by atoms with Crippen molar-refractivity contribution in [2.75, 3.05) is 12.8 Å². The maximum Gasteiger partial charge on any atom is 0.157 e. The molecule has 1 aliphatic rings. The van der Waals surface area contributed by atoms with Gasteiger partial charge in [-0.1, -0.05) is 23.7 Å². The molecule has 1 heterocycles. The van der Waals surface area contributed by atoms with Gasteiger partial charge in [-0.15, -0.1) is 0 Å². The van der Waals surface area contributed by atoms with E-state index in [0.29, 0.717) is 17.3 Å². The second kappa shape index (κ2) is 4.07. The molecule has 0 spiro atoms. The smallest absolute Gasteiger partial charge is 0.157 e. The number of rotatable bonds is 2. The van der Waals surface area contributed by atoms with Gasteiger partial charge in [-0.2, -0.15) is 5.10 Å². The molecule has 0 fully saturated rings. The zero-order chi connectivity index (χ0) is 11.8. The lowest BCUT2D eigenvalue weighted by Crippen LogP contribution is -2.31. The van der Waals surface area contributed by atoms with Crippen molar-refractivity contribution >= 4 is 27.1 Å². The Morgan fingerprint density at radius 3 is 2.56 bits per heavy atom. The summed E-state index contributed by atoms with van der Waals surface area (Å²) < 4.78 is 23.1. The van der Waals surface area contributed by atoms with Crippen LogP contribution in [0.2, 0.25) is 5.02 Å². The summed E-state index contributed by atoms with van der Waals surface area (Å²) >= 11 is 5.77. The first-order chi connectivity index (χ1) is 7.48. The molecule has 1 unspecified atom stereocenters. The van der Waals surface area contributed by atoms with Gasteiger partial charge in [-0.05, 0) is 17.7 Å². The topological polar surface area (TPSA) is 58.5 Å². The molecular formula is C10H11ClN2O2S. The van der Waals surface area contributed by atoms with Crippen LogP contribution in [0.1, 0.15) is 5.56 Å². The maximum atomic E-state index is 11.5. The minimum absolute atomic E-state index is 0.330. The highest BCUT2D eigenvalue weighted by Gasteiger charge is 2.31. The van der Waals surface area contributed by atoms with Gasteiger partial charge in [0.2, 0.25) is 0 Å². The van der Waals surface area contributed by atoms with Crippen LogP contribution >= 0.6 is 11.6 Å². The van der Waals surface area contributed by atoms with E-state index >= 15 is 0 Å². The molecular weight excluding hydrogens is 248 g/mol. The number of sulfone groups is 1. The van der Waals surface area contributed by atoms with E-state index in [1.807, 2.05) is 0 Å². The lowest BCUT2D eigenvalue weighted by Gasteiger charge is -2.09. The van der Waals surface area contributed by atoms with Gasteiger partial charge < -0.3 is 5.43 Å². The van der Waals surface area contributed by atoms with Crippen molar-refractivity contribution in [2.45, 2.75) is 5.25 Å². The molecule has 0 radical (unpaired) electrons. The minimum Gasteiger partial charge on any atom is -0.308 e. The number of benzene rings is 1. The Bertz CT molecular complexity index is 522. The van der Waals surface area contributed by atoms with Gasteiger partial charge in [0.1, 0.15) is 5.25 Å². The van der Waals surface area contributed by atoms with Crippen LogP contribution in [0.5, 0.6) is 0 Å². The van der Waals surface area contributed by atoms with Crippen molar-refractivity contribution in [1.82, 2.24) is 5.43 Å². The monoisotopic (exact) mass is 258 g/mol. The van der Waals surface area contributed by atoms with E-state index in [9.17, 15) is 8.42 Å². The molecule has 2 rings (SSSR count). The highest BCUT2D eigenvalue weighted by molar-refractivity contribution is 7.92. The van der Waals surface area contributed by atoms with Gasteiger partial charge in [-0.25, -0.2) is 8.42 Å². The normalized spacial score (nSPS) is 20.4. The Kier molecular flexibility index (Phi) is 2.90. The Labute approximate surface area is 99.2 Å². The summed E-state index contributed by atoms with van der Waals surface area (Å²) in [6.07, 6.45) is 1.22. The van der Waals surface area contributed by atoms with Crippen molar-refractivity contribution in [3.8, 4) is 0 Å². The van der Waals surface area contributed by atoms with Crippen LogP contribution in [-0.2, 0) is 9.84 Å². The van der Waals surface area contributed by atoms with Crippen LogP contribution in [0.25, 0.3) is 0 Å². The molecule has 6 heteroatoms. The Hall–Kier alpha value is -1.07. The summed E-state index contributed by atoms with van der Waals surface area (Å²) in [5.41, 5.74) is 4.05. The number of hydrazone groups is 1. The second-order valence-corrected chi connectivity index (χ2v) is 6.35. The van der Waals surface area contributed by atoms with Crippen LogP contribution in [0.3, 0.4) is 0 Å². The molecule has 0 aliphatic carbocycles. The van der Waals surface area contributed by atoms with Crippen molar-refractivity contribution in [1.29, 1.82) is 0 Å². The molecule has 0 aromatic heterocycles. The molecule has 1 aromatic rings. The SMILES string of the molecule is CS(=O)(=O)C1CNN=C1c1ccc(Cl)cc1. The molecule has 0 bridgehead atoms. The fourth-order valence-electron chi connectivity index (χ4n) is 1.61. The average Bonchev–Trinajstić information content (AvgIpc) is 2.66. The number of hydrogen-bond donors (Lipinski definition) is 1. The van der Waals surface area contributed by atoms with Gasteiger partial charge in [0.15, 0.2) is 9.84 Å². The number of nitrogens with zero attached hydrogens (tertiary/aromatic N) is 1. The summed E-state index contributed by atoms with van der Waals surface area (Å²) in [5.74, 6) is 0. The predicted molar refractivity (Wildman–Crippen MR) is 64.6 cm³/mol. The van der Waals surface area contributed by atoms with Crippen LogP contribution in [0, 0.1) is 0 Å². The van der Waals surface area contributed by atoms with Crippen molar-refractivity contribution in [2.24, 2.45) is 5.10 Å². The second-order valence-electron chi connectivity index (χ2n) is 3.68. The first-order valence-electron chi connectivity index (χ1n) is 4.74. The van der Waals surface area contributed by atoms with E-state index < -0.39 is 15.1 Å². The Morgan fingerprint density at radius 1 is 1.38 bits per heavy atom. The van der Waals surface area contributed by atoms with Gasteiger partial charge in [0, 0.05) is 11.3 Å². The average molecular weight is 259 g/mol. The fourth-order valence-corrected chi connectivity index (χ4v) is 2.71. The Morgan fingerprint density at radius 2 is 2.00 bits per heavy atom. The molecule has 16 heavy (non-hydrogen) atoms. The number of halogens is 1. The highest BCUT2D eigenvalue weighted by atomic mass is 35.5. The molecule has 86 valence electrons. The predicted octanol–water partition coefficient (Wildman–Crippen LogP) is 1.06. The van der Waals surface area contributed by atoms with E-state index in [-0.39, 0.29) is 0 Å². The standard InChI is InChI=1S/C10H11ClN2O2S/c1-16(14,15)9-6-12-13-10(9)7-2-4-8(11)5-3-7/h2-5,9,12H,6H2,1H3. The zero-order valence-electron chi connectivity index (χ0n) is 8.64. The van der Waals surface area contributed by atoms with Crippen molar-refractivity contribution < 1.29 is 8.42 Å². The quantitative estimate of drug-likeness (QED) is 0.863. The van der Waals surface area contributed by atoms with Crippen LogP contribution in [-0.4, -0.2) is 32.2 Å². The summed E-state index contributed by atoms with van der Waals surface area (Å²) in [6, 6.07) is 6.98. The number of hydrogen-bond acceptors (Lipinski definition) is 4. The lowest BCUT2D eigenvalue weighted by molar-refractivity contribution is 0.595. The van der Waals surface area contributed by atoms with E-state index in [0.717, 1.165) is 5.56 Å². The van der Waals surface area contributed by atoms with Crippen molar-refractivity contribution in [3.05, 3.63) is 34.9 Å². The first kappa shape index (κ1) is 11.4. The molecule has 1 atom stereocenters. The van der Waals surface area contributed by atoms with Gasteiger partial charge >= 0.3 is 0 Å². The fraction of sp³-hybridized carbons (Fsp3) is 0.300. The molecule has 0 saturated carbocycles. The highest BCUT2D eigenvalue weighted by Crippen LogP contribution is 2.16. The van der Waals surface area contributed by atoms with Crippen LogP contribution in [0.15, 0.2) is 29.4 Å². The molecule has 0 saturated heterocycles. The lowest BCUT2D eigenvalue weighted by atomic mass is 10.1. The first-order valence-corrected chi connectivity index (χ1v) is 7.07. The summed E-state index contributed by atoms with van der Waals surface area (Å²) in [4.78, 5) is 0. The third-order valence-electron chi connectivity index (χ3n) is 2.44. The van der Waals surface area contributed by atoms with E-state index in [4.69, 9.17) is 11.6 Å². The third kappa shape index (κ3) is 2.20. The van der Waals surface area contributed by atoms with Crippen LogP contribution < -0.4 is 5.43 Å². The van der Waals surface area contributed by atoms with Gasteiger partial charge in [0.25, 0.3) is 0 Å². The van der Waals surface area contributed by atoms with Crippen LogP contribution in [0.4, 0.5) is 0 Å². The van der Waals surface area contributed by atoms with Gasteiger partial charge in [-0.3, -0.25) is 0 Å². The molecule has 0 amide bonds. The van der Waals surface area contributed by atoms with Gasteiger partial charge in [0.05, 0.1) is 12.3 Å². The summed E-state index contributed by atoms with van der Waals surface area (Å²) in [6.45, 7) is 0.330. The molecule has 1 aromatic carbocycles. The third-order valence-corrected chi connectivity index (χ3v) is 4.11. The molecule has 1 N–H and O–H groups in total. The van der Waals surface area contributed by atoms with E-state index in [1.165, 1.54) is 6.26 Å². The number of nitrogens with one attached hydrogen (secondary N) is 1. The largest absolute Gasteiger partial charge is 0.308 e. The maximum absolute atomic E-state index is 11.5. The molecule has 4 nitrogen and oxygen atoms in total.